The van der Waals surface area contributed by atoms with E-state index in [4.69, 9.17) is 4.74 Å². The van der Waals surface area contributed by atoms with Crippen molar-refractivity contribution in [2.24, 2.45) is 0 Å². The fourth-order valence-corrected chi connectivity index (χ4v) is 2.34. The van der Waals surface area contributed by atoms with Gasteiger partial charge < -0.3 is 10.1 Å². The molecule has 0 aliphatic rings. The number of aromatic nitrogens is 2. The number of methoxy groups -OCH3 is 1. The number of hydrogen-bond donors (Lipinski definition) is 1. The van der Waals surface area contributed by atoms with Crippen LogP contribution in [-0.4, -0.2) is 24.1 Å². The van der Waals surface area contributed by atoms with Crippen LogP contribution < -0.4 is 10.1 Å². The van der Waals surface area contributed by atoms with Gasteiger partial charge in [0.05, 0.1) is 18.8 Å². The molecular weight excluding hydrogens is 306 g/mol. The molecule has 0 fully saturated rings. The number of halogens is 1. The lowest BCUT2D eigenvalue weighted by Crippen LogP contribution is -2.20. The van der Waals surface area contributed by atoms with Gasteiger partial charge in [0, 0.05) is 10.5 Å². The molecule has 2 aromatic rings. The van der Waals surface area contributed by atoms with E-state index in [0.29, 0.717) is 5.88 Å². The Balaban J connectivity index is 2.22. The third-order valence-electron chi connectivity index (χ3n) is 2.96. The van der Waals surface area contributed by atoms with Gasteiger partial charge in [-0.3, -0.25) is 0 Å². The Morgan fingerprint density at radius 3 is 2.79 bits per heavy atom. The van der Waals surface area contributed by atoms with Crippen molar-refractivity contribution in [1.29, 1.82) is 0 Å². The van der Waals surface area contributed by atoms with E-state index in [1.807, 2.05) is 31.3 Å². The molecule has 0 saturated carbocycles. The Labute approximate surface area is 121 Å². The molecule has 0 amide bonds. The smallest absolute Gasteiger partial charge is 0.216 e. The number of hydrogen-bond acceptors (Lipinski definition) is 4. The standard InChI is InChI=1S/C14H16BrN3O/c1-16-12(7-10-5-3-4-6-11(10)15)13-8-14(19-2)18-9-17-13/h3-6,8-9,12,16H,7H2,1-2H3. The molecule has 19 heavy (non-hydrogen) atoms. The second kappa shape index (κ2) is 6.63. The van der Waals surface area contributed by atoms with Crippen LogP contribution in [0.2, 0.25) is 0 Å². The minimum absolute atomic E-state index is 0.121. The molecule has 1 N–H and O–H groups in total. The number of ether oxygens (including phenoxy) is 1. The van der Waals surface area contributed by atoms with Crippen molar-refractivity contribution in [3.05, 3.63) is 52.4 Å². The van der Waals surface area contributed by atoms with E-state index < -0.39 is 0 Å². The van der Waals surface area contributed by atoms with Crippen LogP contribution in [0.4, 0.5) is 0 Å². The fourth-order valence-electron chi connectivity index (χ4n) is 1.89. The molecule has 1 aromatic carbocycles. The first kappa shape index (κ1) is 14.0. The Morgan fingerprint density at radius 2 is 2.11 bits per heavy atom. The fraction of sp³-hybridized carbons (Fsp3) is 0.286. The second-order valence-corrected chi connectivity index (χ2v) is 4.98. The van der Waals surface area contributed by atoms with Crippen molar-refractivity contribution in [2.75, 3.05) is 14.2 Å². The summed E-state index contributed by atoms with van der Waals surface area (Å²) in [7, 11) is 3.53. The molecule has 0 spiro atoms. The first-order valence-electron chi connectivity index (χ1n) is 6.01. The zero-order chi connectivity index (χ0) is 13.7. The Kier molecular flexibility index (Phi) is 4.87. The van der Waals surface area contributed by atoms with Crippen LogP contribution in [0.25, 0.3) is 0 Å². The van der Waals surface area contributed by atoms with Crippen molar-refractivity contribution in [3.8, 4) is 5.88 Å². The van der Waals surface area contributed by atoms with Crippen LogP contribution in [0.1, 0.15) is 17.3 Å². The van der Waals surface area contributed by atoms with E-state index in [0.717, 1.165) is 16.6 Å². The highest BCUT2D eigenvalue weighted by molar-refractivity contribution is 9.10. The monoisotopic (exact) mass is 321 g/mol. The number of nitrogens with one attached hydrogen (secondary N) is 1. The highest BCUT2D eigenvalue weighted by Gasteiger charge is 2.14. The summed E-state index contributed by atoms with van der Waals surface area (Å²) in [6.45, 7) is 0. The van der Waals surface area contributed by atoms with E-state index in [1.165, 1.54) is 11.9 Å². The molecule has 1 heterocycles. The van der Waals surface area contributed by atoms with Gasteiger partial charge in [0.2, 0.25) is 5.88 Å². The molecule has 0 aliphatic carbocycles. The van der Waals surface area contributed by atoms with Gasteiger partial charge in [-0.25, -0.2) is 9.97 Å². The molecule has 5 heteroatoms. The number of likely N-dealkylation sites (N-methyl/N-ethyl adjacent to an activating group) is 1. The van der Waals surface area contributed by atoms with Crippen molar-refractivity contribution in [1.82, 2.24) is 15.3 Å². The average molecular weight is 322 g/mol. The third kappa shape index (κ3) is 3.52. The van der Waals surface area contributed by atoms with Gasteiger partial charge in [0.1, 0.15) is 6.33 Å². The summed E-state index contributed by atoms with van der Waals surface area (Å²) in [6.07, 6.45) is 2.37. The Hall–Kier alpha value is -1.46. The lowest BCUT2D eigenvalue weighted by molar-refractivity contribution is 0.394. The van der Waals surface area contributed by atoms with E-state index >= 15 is 0 Å². The van der Waals surface area contributed by atoms with Gasteiger partial charge in [-0.05, 0) is 25.1 Å². The molecule has 2 rings (SSSR count). The maximum atomic E-state index is 5.14. The van der Waals surface area contributed by atoms with Gasteiger partial charge >= 0.3 is 0 Å². The maximum absolute atomic E-state index is 5.14. The second-order valence-electron chi connectivity index (χ2n) is 4.12. The van der Waals surface area contributed by atoms with E-state index in [1.54, 1.807) is 7.11 Å². The SMILES string of the molecule is CNC(Cc1ccccc1Br)c1cc(OC)ncn1. The summed E-state index contributed by atoms with van der Waals surface area (Å²) in [5.74, 6) is 0.581. The molecule has 4 nitrogen and oxygen atoms in total. The van der Waals surface area contributed by atoms with E-state index in [2.05, 4.69) is 37.3 Å². The van der Waals surface area contributed by atoms with Crippen molar-refractivity contribution < 1.29 is 4.74 Å². The van der Waals surface area contributed by atoms with Crippen LogP contribution in [0, 0.1) is 0 Å². The molecule has 1 atom stereocenters. The van der Waals surface area contributed by atoms with Crippen LogP contribution in [-0.2, 0) is 6.42 Å². The normalized spacial score (nSPS) is 12.2. The molecule has 0 aliphatic heterocycles. The zero-order valence-electron chi connectivity index (χ0n) is 10.9. The largest absolute Gasteiger partial charge is 0.481 e. The molecule has 100 valence electrons. The Bertz CT molecular complexity index is 548. The average Bonchev–Trinajstić information content (AvgIpc) is 2.46. The Morgan fingerprint density at radius 1 is 1.32 bits per heavy atom. The first-order chi connectivity index (χ1) is 9.24. The predicted molar refractivity (Wildman–Crippen MR) is 78.2 cm³/mol. The minimum atomic E-state index is 0.121. The first-order valence-corrected chi connectivity index (χ1v) is 6.80. The van der Waals surface area contributed by atoms with Crippen LogP contribution in [0.5, 0.6) is 5.88 Å². The quantitative estimate of drug-likeness (QED) is 0.919. The van der Waals surface area contributed by atoms with Gasteiger partial charge in [-0.15, -0.1) is 0 Å². The third-order valence-corrected chi connectivity index (χ3v) is 3.73. The summed E-state index contributed by atoms with van der Waals surface area (Å²) in [5.41, 5.74) is 2.16. The molecule has 1 unspecified atom stereocenters. The van der Waals surface area contributed by atoms with Gasteiger partial charge in [-0.1, -0.05) is 34.1 Å². The van der Waals surface area contributed by atoms with Gasteiger partial charge in [0.15, 0.2) is 0 Å². The lowest BCUT2D eigenvalue weighted by atomic mass is 10.0. The van der Waals surface area contributed by atoms with Crippen molar-refractivity contribution >= 4 is 15.9 Å². The van der Waals surface area contributed by atoms with E-state index in [-0.39, 0.29) is 6.04 Å². The molecule has 0 bridgehead atoms. The highest BCUT2D eigenvalue weighted by atomic mass is 79.9. The maximum Gasteiger partial charge on any atom is 0.216 e. The summed E-state index contributed by atoms with van der Waals surface area (Å²) in [4.78, 5) is 8.34. The number of rotatable bonds is 5. The van der Waals surface area contributed by atoms with E-state index in [9.17, 15) is 0 Å². The molecular formula is C14H16BrN3O. The topological polar surface area (TPSA) is 47.0 Å². The van der Waals surface area contributed by atoms with Crippen LogP contribution in [0.3, 0.4) is 0 Å². The lowest BCUT2D eigenvalue weighted by Gasteiger charge is -2.16. The van der Waals surface area contributed by atoms with Crippen LogP contribution >= 0.6 is 15.9 Å². The summed E-state index contributed by atoms with van der Waals surface area (Å²) < 4.78 is 6.24. The summed E-state index contributed by atoms with van der Waals surface area (Å²) in [5, 5.41) is 3.28. The predicted octanol–water partition coefficient (Wildman–Crippen LogP) is 2.75. The zero-order valence-corrected chi connectivity index (χ0v) is 12.5. The molecule has 1 aromatic heterocycles. The highest BCUT2D eigenvalue weighted by Crippen LogP contribution is 2.23. The number of benzene rings is 1. The summed E-state index contributed by atoms with van der Waals surface area (Å²) in [6, 6.07) is 10.2. The summed E-state index contributed by atoms with van der Waals surface area (Å²) >= 11 is 3.57. The minimum Gasteiger partial charge on any atom is -0.481 e. The van der Waals surface area contributed by atoms with Crippen molar-refractivity contribution in [3.63, 3.8) is 0 Å². The van der Waals surface area contributed by atoms with Crippen molar-refractivity contribution in [2.45, 2.75) is 12.5 Å². The van der Waals surface area contributed by atoms with Crippen LogP contribution in [0.15, 0.2) is 41.1 Å². The molecule has 0 saturated heterocycles. The molecule has 0 radical (unpaired) electrons. The number of nitrogens with zero attached hydrogens (tertiary/aromatic N) is 2. The van der Waals surface area contributed by atoms with Gasteiger partial charge in [0.25, 0.3) is 0 Å². The van der Waals surface area contributed by atoms with Gasteiger partial charge in [-0.2, -0.15) is 0 Å².